The first-order chi connectivity index (χ1) is 9.25. The average Bonchev–Trinajstić information content (AvgIpc) is 3.16. The molecule has 2 aliphatic rings. The van der Waals surface area contributed by atoms with Crippen LogP contribution in [0.2, 0.25) is 0 Å². The lowest BCUT2D eigenvalue weighted by Crippen LogP contribution is -2.09. The second-order valence-electron chi connectivity index (χ2n) is 5.97. The van der Waals surface area contributed by atoms with E-state index in [9.17, 15) is 0 Å². The molecule has 0 unspecified atom stereocenters. The minimum absolute atomic E-state index is 0.590. The Balaban J connectivity index is 1.88. The van der Waals surface area contributed by atoms with Gasteiger partial charge in [-0.1, -0.05) is 44.3 Å². The van der Waals surface area contributed by atoms with Crippen LogP contribution in [-0.2, 0) is 0 Å². The molecule has 1 heterocycles. The molecular weight excluding hydrogens is 320 g/mol. The molecular formula is C15H21BrN2S. The predicted molar refractivity (Wildman–Crippen MR) is 84.2 cm³/mol. The van der Waals surface area contributed by atoms with Crippen LogP contribution < -0.4 is 0 Å². The number of aromatic amines is 1. The number of nitrogens with one attached hydrogen (secondary N) is 1. The van der Waals surface area contributed by atoms with Crippen molar-refractivity contribution >= 4 is 28.1 Å². The number of halogens is 1. The second kappa shape index (κ2) is 6.04. The maximum absolute atomic E-state index is 5.43. The quantitative estimate of drug-likeness (QED) is 0.709. The molecule has 3 rings (SSSR count). The van der Waals surface area contributed by atoms with Crippen molar-refractivity contribution in [1.82, 2.24) is 9.97 Å². The van der Waals surface area contributed by atoms with Crippen LogP contribution in [0.3, 0.4) is 0 Å². The first kappa shape index (κ1) is 13.7. The fourth-order valence-electron chi connectivity index (χ4n) is 3.07. The molecule has 104 valence electrons. The fraction of sp³-hybridized carbons (Fsp3) is 0.733. The SMILES string of the molecule is S=c1nc(C2CCCCCCC2)[nH]c(C2CC2)c1Br. The van der Waals surface area contributed by atoms with Crippen molar-refractivity contribution in [3.05, 3.63) is 20.6 Å². The molecule has 0 amide bonds. The van der Waals surface area contributed by atoms with E-state index < -0.39 is 0 Å². The minimum Gasteiger partial charge on any atom is -0.346 e. The van der Waals surface area contributed by atoms with Crippen LogP contribution in [0.25, 0.3) is 0 Å². The van der Waals surface area contributed by atoms with E-state index in [2.05, 4.69) is 25.9 Å². The number of aromatic nitrogens is 2. The highest BCUT2D eigenvalue weighted by atomic mass is 79.9. The van der Waals surface area contributed by atoms with E-state index >= 15 is 0 Å². The largest absolute Gasteiger partial charge is 0.346 e. The third-order valence-corrected chi connectivity index (χ3v) is 5.75. The summed E-state index contributed by atoms with van der Waals surface area (Å²) < 4.78 is 1.78. The average molecular weight is 341 g/mol. The van der Waals surface area contributed by atoms with Crippen LogP contribution in [0.4, 0.5) is 0 Å². The van der Waals surface area contributed by atoms with Gasteiger partial charge in [-0.05, 0) is 41.6 Å². The molecule has 0 aliphatic heterocycles. The highest BCUT2D eigenvalue weighted by Gasteiger charge is 2.28. The summed E-state index contributed by atoms with van der Waals surface area (Å²) in [6.07, 6.45) is 11.9. The molecule has 0 aromatic carbocycles. The molecule has 1 aromatic heterocycles. The summed E-state index contributed by atoms with van der Waals surface area (Å²) in [7, 11) is 0. The first-order valence-corrected chi connectivity index (χ1v) is 8.75. The minimum atomic E-state index is 0.590. The van der Waals surface area contributed by atoms with Crippen LogP contribution in [0, 0.1) is 4.64 Å². The van der Waals surface area contributed by atoms with Crippen LogP contribution in [0.1, 0.15) is 81.1 Å². The molecule has 2 nitrogen and oxygen atoms in total. The van der Waals surface area contributed by atoms with E-state index in [0.717, 1.165) is 14.9 Å². The normalized spacial score (nSPS) is 21.9. The van der Waals surface area contributed by atoms with Gasteiger partial charge in [0.1, 0.15) is 10.5 Å². The number of H-pyrrole nitrogens is 1. The zero-order valence-electron chi connectivity index (χ0n) is 11.3. The maximum atomic E-state index is 5.43. The molecule has 0 radical (unpaired) electrons. The van der Waals surface area contributed by atoms with Crippen LogP contribution in [0.5, 0.6) is 0 Å². The highest BCUT2D eigenvalue weighted by molar-refractivity contribution is 9.10. The van der Waals surface area contributed by atoms with Crippen LogP contribution in [-0.4, -0.2) is 9.97 Å². The summed E-state index contributed by atoms with van der Waals surface area (Å²) in [5, 5.41) is 0. The third-order valence-electron chi connectivity index (χ3n) is 4.39. The van der Waals surface area contributed by atoms with Crippen molar-refractivity contribution < 1.29 is 0 Å². The van der Waals surface area contributed by atoms with E-state index in [-0.39, 0.29) is 0 Å². The first-order valence-electron chi connectivity index (χ1n) is 7.55. The highest BCUT2D eigenvalue weighted by Crippen LogP contribution is 2.43. The molecule has 0 saturated heterocycles. The van der Waals surface area contributed by atoms with E-state index in [1.54, 1.807) is 0 Å². The van der Waals surface area contributed by atoms with Crippen molar-refractivity contribution in [3.63, 3.8) is 0 Å². The number of hydrogen-bond acceptors (Lipinski definition) is 2. The summed E-state index contributed by atoms with van der Waals surface area (Å²) >= 11 is 9.04. The Bertz CT molecular complexity index is 499. The van der Waals surface area contributed by atoms with Gasteiger partial charge in [0.25, 0.3) is 0 Å². The van der Waals surface area contributed by atoms with E-state index in [1.807, 2.05) is 0 Å². The Kier molecular flexibility index (Phi) is 4.37. The molecule has 1 N–H and O–H groups in total. The second-order valence-corrected chi connectivity index (χ2v) is 7.15. The standard InChI is InChI=1S/C15H21BrN2S/c16-12-13(10-8-9-10)17-14(18-15(12)19)11-6-4-2-1-3-5-7-11/h10-11H,1-9H2,(H,17,18,19). The number of hydrogen-bond donors (Lipinski definition) is 1. The van der Waals surface area contributed by atoms with Crippen molar-refractivity contribution in [2.45, 2.75) is 69.6 Å². The van der Waals surface area contributed by atoms with Gasteiger partial charge in [0.2, 0.25) is 0 Å². The summed E-state index contributed by atoms with van der Waals surface area (Å²) in [5.74, 6) is 2.43. The third kappa shape index (κ3) is 3.27. The number of nitrogens with zero attached hydrogens (tertiary/aromatic N) is 1. The fourth-order valence-corrected chi connectivity index (χ4v) is 3.79. The van der Waals surface area contributed by atoms with Gasteiger partial charge < -0.3 is 4.98 Å². The van der Waals surface area contributed by atoms with Crippen molar-refractivity contribution in [2.24, 2.45) is 0 Å². The smallest absolute Gasteiger partial charge is 0.144 e. The van der Waals surface area contributed by atoms with Gasteiger partial charge in [0.05, 0.1) is 4.47 Å². The summed E-state index contributed by atoms with van der Waals surface area (Å²) in [4.78, 5) is 8.26. The monoisotopic (exact) mass is 340 g/mol. The van der Waals surface area contributed by atoms with Crippen molar-refractivity contribution in [1.29, 1.82) is 0 Å². The van der Waals surface area contributed by atoms with Gasteiger partial charge >= 0.3 is 0 Å². The zero-order valence-corrected chi connectivity index (χ0v) is 13.7. The van der Waals surface area contributed by atoms with Gasteiger partial charge in [-0.25, -0.2) is 4.98 Å². The Morgan fingerprint density at radius 3 is 2.21 bits per heavy atom. The predicted octanol–water partition coefficient (Wildman–Crippen LogP) is 5.61. The van der Waals surface area contributed by atoms with Gasteiger partial charge in [0.15, 0.2) is 0 Å². The Hall–Kier alpha value is -0.220. The van der Waals surface area contributed by atoms with E-state index in [1.165, 1.54) is 63.5 Å². The van der Waals surface area contributed by atoms with E-state index in [0.29, 0.717) is 11.8 Å². The maximum Gasteiger partial charge on any atom is 0.144 e. The van der Waals surface area contributed by atoms with Gasteiger partial charge in [-0.2, -0.15) is 0 Å². The summed E-state index contributed by atoms with van der Waals surface area (Å²) in [6, 6.07) is 0. The lowest BCUT2D eigenvalue weighted by Gasteiger charge is -2.20. The zero-order chi connectivity index (χ0) is 13.2. The van der Waals surface area contributed by atoms with Gasteiger partial charge in [0, 0.05) is 17.5 Å². The Morgan fingerprint density at radius 2 is 1.58 bits per heavy atom. The molecule has 2 fully saturated rings. The molecule has 2 saturated carbocycles. The topological polar surface area (TPSA) is 28.7 Å². The molecule has 19 heavy (non-hydrogen) atoms. The number of rotatable bonds is 2. The molecule has 1 aromatic rings. The van der Waals surface area contributed by atoms with Crippen LogP contribution >= 0.6 is 28.1 Å². The lowest BCUT2D eigenvalue weighted by molar-refractivity contribution is 0.441. The Labute approximate surface area is 128 Å². The Morgan fingerprint density at radius 1 is 0.947 bits per heavy atom. The van der Waals surface area contributed by atoms with Gasteiger partial charge in [-0.15, -0.1) is 0 Å². The molecule has 0 spiro atoms. The summed E-state index contributed by atoms with van der Waals surface area (Å²) in [5.41, 5.74) is 1.30. The molecule has 0 bridgehead atoms. The molecule has 4 heteroatoms. The van der Waals surface area contributed by atoms with Crippen molar-refractivity contribution in [2.75, 3.05) is 0 Å². The van der Waals surface area contributed by atoms with Crippen molar-refractivity contribution in [3.8, 4) is 0 Å². The summed E-state index contributed by atoms with van der Waals surface area (Å²) in [6.45, 7) is 0. The van der Waals surface area contributed by atoms with Crippen LogP contribution in [0.15, 0.2) is 4.47 Å². The van der Waals surface area contributed by atoms with Gasteiger partial charge in [-0.3, -0.25) is 0 Å². The lowest BCUT2D eigenvalue weighted by atomic mass is 9.90. The molecule has 0 atom stereocenters. The van der Waals surface area contributed by atoms with E-state index in [4.69, 9.17) is 12.2 Å². The molecule has 2 aliphatic carbocycles.